The van der Waals surface area contributed by atoms with E-state index in [0.29, 0.717) is 33.4 Å². The van der Waals surface area contributed by atoms with Gasteiger partial charge in [0, 0.05) is 10.8 Å². The Morgan fingerprint density at radius 3 is 1.14 bits per heavy atom. The molecule has 4 heteroatoms. The zero-order valence-electron chi connectivity index (χ0n) is 21.7. The number of hydrogen-bond acceptors (Lipinski definition) is 4. The first-order valence-corrected chi connectivity index (χ1v) is 12.1. The van der Waals surface area contributed by atoms with E-state index in [1.165, 1.54) is 0 Å². The van der Waals surface area contributed by atoms with Crippen molar-refractivity contribution in [3.05, 3.63) is 107 Å². The maximum Gasteiger partial charge on any atom is 0.343 e. The van der Waals surface area contributed by atoms with Crippen LogP contribution in [0.15, 0.2) is 84.9 Å². The van der Waals surface area contributed by atoms with E-state index in [2.05, 4.69) is 41.5 Å². The van der Waals surface area contributed by atoms with Gasteiger partial charge in [-0.15, -0.1) is 0 Å². The number of rotatable bonds is 4. The molecule has 0 saturated carbocycles. The van der Waals surface area contributed by atoms with Crippen LogP contribution in [0.5, 0.6) is 11.5 Å². The lowest BCUT2D eigenvalue weighted by atomic mass is 9.87. The average molecular weight is 481 g/mol. The minimum atomic E-state index is -0.440. The van der Waals surface area contributed by atoms with Crippen molar-refractivity contribution in [1.82, 2.24) is 0 Å². The summed E-state index contributed by atoms with van der Waals surface area (Å²) in [4.78, 5) is 25.7. The van der Waals surface area contributed by atoms with Crippen LogP contribution in [-0.4, -0.2) is 11.9 Å². The van der Waals surface area contributed by atoms with Gasteiger partial charge in [0.2, 0.25) is 0 Å². The number of esters is 2. The van der Waals surface area contributed by atoms with E-state index in [1.807, 2.05) is 36.4 Å². The fourth-order valence-corrected chi connectivity index (χ4v) is 3.96. The maximum absolute atomic E-state index is 12.9. The topological polar surface area (TPSA) is 52.6 Å². The summed E-state index contributed by atoms with van der Waals surface area (Å²) >= 11 is 0. The van der Waals surface area contributed by atoms with Gasteiger partial charge in [-0.05, 0) is 58.4 Å². The first-order valence-electron chi connectivity index (χ1n) is 12.1. The van der Waals surface area contributed by atoms with Crippen LogP contribution in [0.4, 0.5) is 0 Å². The Morgan fingerprint density at radius 2 is 0.833 bits per heavy atom. The molecule has 0 N–H and O–H groups in total. The Hall–Kier alpha value is -3.92. The highest BCUT2D eigenvalue weighted by atomic mass is 16.5. The normalized spacial score (nSPS) is 11.8. The molecular weight excluding hydrogens is 448 g/mol. The van der Waals surface area contributed by atoms with Crippen molar-refractivity contribution < 1.29 is 19.1 Å². The Balaban J connectivity index is 1.56. The molecular formula is C32H32O4. The highest BCUT2D eigenvalue weighted by molar-refractivity contribution is 5.99. The van der Waals surface area contributed by atoms with Gasteiger partial charge < -0.3 is 9.47 Å². The summed E-state index contributed by atoms with van der Waals surface area (Å²) < 4.78 is 11.5. The smallest absolute Gasteiger partial charge is 0.343 e. The van der Waals surface area contributed by atoms with Gasteiger partial charge in [-0.3, -0.25) is 0 Å². The van der Waals surface area contributed by atoms with Crippen molar-refractivity contribution in [3.8, 4) is 11.5 Å². The third kappa shape index (κ3) is 5.49. The molecule has 36 heavy (non-hydrogen) atoms. The molecule has 0 unspecified atom stereocenters. The molecule has 0 radical (unpaired) electrons. The molecule has 0 aliphatic rings. The Bertz CT molecular complexity index is 1290. The van der Waals surface area contributed by atoms with E-state index in [0.717, 1.165) is 11.1 Å². The third-order valence-corrected chi connectivity index (χ3v) is 6.22. The van der Waals surface area contributed by atoms with Crippen LogP contribution in [0.1, 0.15) is 73.4 Å². The molecule has 0 amide bonds. The lowest BCUT2D eigenvalue weighted by Gasteiger charge is -2.19. The Kier molecular flexibility index (Phi) is 6.73. The maximum atomic E-state index is 12.9. The number of benzene rings is 4. The molecule has 0 fully saturated rings. The molecule has 0 aromatic heterocycles. The number of hydrogen-bond donors (Lipinski definition) is 0. The minimum Gasteiger partial charge on any atom is -0.422 e. The fourth-order valence-electron chi connectivity index (χ4n) is 3.96. The molecule has 0 aliphatic carbocycles. The molecule has 4 aromatic carbocycles. The fraction of sp³-hybridized carbons (Fsp3) is 0.250. The van der Waals surface area contributed by atoms with E-state index in [9.17, 15) is 9.59 Å². The molecule has 184 valence electrons. The molecule has 0 bridgehead atoms. The molecule has 0 heterocycles. The van der Waals surface area contributed by atoms with E-state index in [1.54, 1.807) is 48.5 Å². The van der Waals surface area contributed by atoms with Gasteiger partial charge in [-0.2, -0.15) is 0 Å². The molecule has 0 aliphatic heterocycles. The van der Waals surface area contributed by atoms with Crippen LogP contribution >= 0.6 is 0 Å². The van der Waals surface area contributed by atoms with Crippen molar-refractivity contribution in [2.45, 2.75) is 52.4 Å². The van der Waals surface area contributed by atoms with Gasteiger partial charge >= 0.3 is 11.9 Å². The van der Waals surface area contributed by atoms with E-state index >= 15 is 0 Å². The van der Waals surface area contributed by atoms with Crippen LogP contribution in [0, 0.1) is 0 Å². The summed E-state index contributed by atoms with van der Waals surface area (Å²) in [6.07, 6.45) is 0. The van der Waals surface area contributed by atoms with Crippen molar-refractivity contribution in [2.75, 3.05) is 0 Å². The largest absolute Gasteiger partial charge is 0.422 e. The quantitative estimate of drug-likeness (QED) is 0.220. The standard InChI is InChI=1S/C32H32O4/c1-31(2,3)23-17-13-21(14-18-23)29(33)35-27-11-7-10-26-25(27)9-8-12-28(26)36-30(34)22-15-19-24(20-16-22)32(4,5)6/h7-20H,1-6H3. The van der Waals surface area contributed by atoms with E-state index < -0.39 is 11.9 Å². The first kappa shape index (κ1) is 25.2. The highest BCUT2D eigenvalue weighted by Gasteiger charge is 2.18. The summed E-state index contributed by atoms with van der Waals surface area (Å²) in [5.41, 5.74) is 3.23. The molecule has 4 nitrogen and oxygen atoms in total. The summed E-state index contributed by atoms with van der Waals surface area (Å²) in [7, 11) is 0. The molecule has 4 rings (SSSR count). The van der Waals surface area contributed by atoms with Crippen LogP contribution in [0.3, 0.4) is 0 Å². The zero-order chi connectivity index (χ0) is 26.1. The summed E-state index contributed by atoms with van der Waals surface area (Å²) in [5, 5.41) is 1.37. The van der Waals surface area contributed by atoms with Gasteiger partial charge in [0.15, 0.2) is 0 Å². The number of ether oxygens (including phenoxy) is 2. The van der Waals surface area contributed by atoms with Gasteiger partial charge in [-0.25, -0.2) is 9.59 Å². The van der Waals surface area contributed by atoms with Gasteiger partial charge in [-0.1, -0.05) is 90.1 Å². The Morgan fingerprint density at radius 1 is 0.500 bits per heavy atom. The number of carbonyl (C=O) groups is 2. The number of carbonyl (C=O) groups excluding carboxylic acids is 2. The highest BCUT2D eigenvalue weighted by Crippen LogP contribution is 2.33. The first-order chi connectivity index (χ1) is 16.9. The van der Waals surface area contributed by atoms with Gasteiger partial charge in [0.1, 0.15) is 11.5 Å². The second kappa shape index (κ2) is 9.62. The van der Waals surface area contributed by atoms with Gasteiger partial charge in [0.25, 0.3) is 0 Å². The molecule has 4 aromatic rings. The van der Waals surface area contributed by atoms with Crippen LogP contribution < -0.4 is 9.47 Å². The van der Waals surface area contributed by atoms with Crippen LogP contribution in [-0.2, 0) is 10.8 Å². The Labute approximate surface area is 212 Å². The van der Waals surface area contributed by atoms with Crippen molar-refractivity contribution >= 4 is 22.7 Å². The van der Waals surface area contributed by atoms with Crippen LogP contribution in [0.25, 0.3) is 10.8 Å². The van der Waals surface area contributed by atoms with Crippen molar-refractivity contribution in [1.29, 1.82) is 0 Å². The lowest BCUT2D eigenvalue weighted by molar-refractivity contribution is 0.0725. The SMILES string of the molecule is CC(C)(C)c1ccc(C(=O)Oc2cccc3c(OC(=O)c4ccc(C(C)(C)C)cc4)cccc23)cc1. The second-order valence-corrected chi connectivity index (χ2v) is 11.0. The molecule has 0 saturated heterocycles. The number of fused-ring (bicyclic) bond motifs is 1. The minimum absolute atomic E-state index is 0.000528. The molecule has 0 spiro atoms. The lowest BCUT2D eigenvalue weighted by Crippen LogP contribution is -2.13. The molecule has 0 atom stereocenters. The van der Waals surface area contributed by atoms with Gasteiger partial charge in [0.05, 0.1) is 11.1 Å². The van der Waals surface area contributed by atoms with Crippen molar-refractivity contribution in [2.24, 2.45) is 0 Å². The summed E-state index contributed by atoms with van der Waals surface area (Å²) in [6.45, 7) is 12.8. The van der Waals surface area contributed by atoms with E-state index in [4.69, 9.17) is 9.47 Å². The van der Waals surface area contributed by atoms with Crippen molar-refractivity contribution in [3.63, 3.8) is 0 Å². The zero-order valence-corrected chi connectivity index (χ0v) is 21.7. The summed E-state index contributed by atoms with van der Waals surface area (Å²) in [6, 6.07) is 25.7. The average Bonchev–Trinajstić information content (AvgIpc) is 2.83. The monoisotopic (exact) mass is 480 g/mol. The second-order valence-electron chi connectivity index (χ2n) is 11.0. The summed E-state index contributed by atoms with van der Waals surface area (Å²) in [5.74, 6) is -0.0664. The third-order valence-electron chi connectivity index (χ3n) is 6.22. The predicted octanol–water partition coefficient (Wildman–Crippen LogP) is 7.87. The van der Waals surface area contributed by atoms with E-state index in [-0.39, 0.29) is 10.8 Å². The van der Waals surface area contributed by atoms with Crippen LogP contribution in [0.2, 0.25) is 0 Å². The predicted molar refractivity (Wildman–Crippen MR) is 144 cm³/mol.